The van der Waals surface area contributed by atoms with E-state index in [4.69, 9.17) is 14.4 Å². The predicted molar refractivity (Wildman–Crippen MR) is 67.7 cm³/mol. The molecule has 0 radical (unpaired) electrons. The maximum atomic E-state index is 11.9. The summed E-state index contributed by atoms with van der Waals surface area (Å²) < 4.78 is 10.3. The predicted octanol–water partition coefficient (Wildman–Crippen LogP) is 0.00312. The second kappa shape index (κ2) is 6.14. The van der Waals surface area contributed by atoms with Crippen molar-refractivity contribution in [1.29, 1.82) is 0 Å². The van der Waals surface area contributed by atoms with Gasteiger partial charge in [0.1, 0.15) is 5.76 Å². The van der Waals surface area contributed by atoms with E-state index in [9.17, 15) is 4.79 Å². The summed E-state index contributed by atoms with van der Waals surface area (Å²) in [6.07, 6.45) is -0.224. The Hall–Kier alpha value is -1.44. The van der Waals surface area contributed by atoms with Crippen molar-refractivity contribution in [3.8, 4) is 0 Å². The van der Waals surface area contributed by atoms with Crippen LogP contribution in [0.5, 0.6) is 0 Å². The smallest absolute Gasteiger partial charge is 0.239 e. The summed E-state index contributed by atoms with van der Waals surface area (Å²) in [6.45, 7) is 5.02. The van der Waals surface area contributed by atoms with Crippen molar-refractivity contribution in [1.82, 2.24) is 10.1 Å². The van der Waals surface area contributed by atoms with E-state index in [1.54, 1.807) is 13.0 Å². The molecule has 0 saturated carbocycles. The van der Waals surface area contributed by atoms with Crippen LogP contribution in [0.25, 0.3) is 0 Å². The SMILES string of the molecule is Cc1cc(NC(=O)CN2CC(CO)OCC2C)no1. The summed E-state index contributed by atoms with van der Waals surface area (Å²) in [5, 5.41) is 15.5. The van der Waals surface area contributed by atoms with Gasteiger partial charge in [0.05, 0.1) is 25.9 Å². The van der Waals surface area contributed by atoms with E-state index >= 15 is 0 Å². The Balaban J connectivity index is 1.86. The van der Waals surface area contributed by atoms with E-state index in [0.717, 1.165) is 0 Å². The van der Waals surface area contributed by atoms with Gasteiger partial charge in [0.2, 0.25) is 5.91 Å². The molecule has 1 saturated heterocycles. The van der Waals surface area contributed by atoms with Crippen molar-refractivity contribution in [2.45, 2.75) is 26.0 Å². The van der Waals surface area contributed by atoms with Crippen LogP contribution in [0.3, 0.4) is 0 Å². The molecule has 1 aromatic heterocycles. The first-order valence-corrected chi connectivity index (χ1v) is 6.28. The molecule has 2 unspecified atom stereocenters. The number of amides is 1. The maximum Gasteiger partial charge on any atom is 0.239 e. The van der Waals surface area contributed by atoms with Crippen LogP contribution >= 0.6 is 0 Å². The highest BCUT2D eigenvalue weighted by Gasteiger charge is 2.27. The van der Waals surface area contributed by atoms with Gasteiger partial charge >= 0.3 is 0 Å². The van der Waals surface area contributed by atoms with Crippen LogP contribution in [0.1, 0.15) is 12.7 Å². The molecule has 1 amide bonds. The third kappa shape index (κ3) is 3.76. The Bertz CT molecular complexity index is 434. The monoisotopic (exact) mass is 269 g/mol. The average molecular weight is 269 g/mol. The summed E-state index contributed by atoms with van der Waals surface area (Å²) in [5.74, 6) is 0.913. The van der Waals surface area contributed by atoms with E-state index in [1.165, 1.54) is 0 Å². The van der Waals surface area contributed by atoms with Gasteiger partial charge in [-0.1, -0.05) is 5.16 Å². The molecule has 2 atom stereocenters. The number of aliphatic hydroxyl groups is 1. The Labute approximate surface area is 111 Å². The third-order valence-corrected chi connectivity index (χ3v) is 3.08. The Kier molecular flexibility index (Phi) is 4.52. The van der Waals surface area contributed by atoms with Gasteiger partial charge in [-0.2, -0.15) is 0 Å². The Morgan fingerprint density at radius 3 is 3.11 bits per heavy atom. The zero-order valence-corrected chi connectivity index (χ0v) is 11.1. The lowest BCUT2D eigenvalue weighted by Gasteiger charge is -2.36. The third-order valence-electron chi connectivity index (χ3n) is 3.08. The van der Waals surface area contributed by atoms with Crippen molar-refractivity contribution in [2.24, 2.45) is 0 Å². The quantitative estimate of drug-likeness (QED) is 0.800. The largest absolute Gasteiger partial charge is 0.394 e. The molecule has 7 nitrogen and oxygen atoms in total. The summed E-state index contributed by atoms with van der Waals surface area (Å²) in [7, 11) is 0. The lowest BCUT2D eigenvalue weighted by atomic mass is 10.2. The number of aryl methyl sites for hydroxylation is 1. The van der Waals surface area contributed by atoms with Gasteiger partial charge in [0.15, 0.2) is 5.82 Å². The van der Waals surface area contributed by atoms with Crippen LogP contribution in [0.4, 0.5) is 5.82 Å². The van der Waals surface area contributed by atoms with Gasteiger partial charge < -0.3 is 19.7 Å². The van der Waals surface area contributed by atoms with Crippen LogP contribution in [0.15, 0.2) is 10.6 Å². The standard InChI is InChI=1S/C12H19N3O4/c1-8-7-18-10(6-16)4-15(8)5-12(17)13-11-3-9(2)19-14-11/h3,8,10,16H,4-7H2,1-2H3,(H,13,14,17). The van der Waals surface area contributed by atoms with E-state index in [-0.39, 0.29) is 31.2 Å². The molecule has 0 aromatic carbocycles. The molecule has 0 bridgehead atoms. The second-order valence-corrected chi connectivity index (χ2v) is 4.79. The number of hydrogen-bond acceptors (Lipinski definition) is 6. The first kappa shape index (κ1) is 14.0. The minimum atomic E-state index is -0.224. The molecule has 1 aromatic rings. The summed E-state index contributed by atoms with van der Waals surface area (Å²) >= 11 is 0. The molecule has 2 rings (SSSR count). The van der Waals surface area contributed by atoms with Gasteiger partial charge in [-0.3, -0.25) is 9.69 Å². The number of carbonyl (C=O) groups excluding carboxylic acids is 1. The maximum absolute atomic E-state index is 11.9. The zero-order chi connectivity index (χ0) is 13.8. The summed E-state index contributed by atoms with van der Waals surface area (Å²) in [6, 6.07) is 1.81. The highest BCUT2D eigenvalue weighted by molar-refractivity contribution is 5.91. The molecule has 0 spiro atoms. The van der Waals surface area contributed by atoms with E-state index in [0.29, 0.717) is 24.7 Å². The van der Waals surface area contributed by atoms with Crippen molar-refractivity contribution in [3.05, 3.63) is 11.8 Å². The van der Waals surface area contributed by atoms with Crippen molar-refractivity contribution in [3.63, 3.8) is 0 Å². The van der Waals surface area contributed by atoms with Crippen LogP contribution in [0.2, 0.25) is 0 Å². The zero-order valence-electron chi connectivity index (χ0n) is 11.1. The number of anilines is 1. The van der Waals surface area contributed by atoms with Crippen molar-refractivity contribution < 1.29 is 19.2 Å². The summed E-state index contributed by atoms with van der Waals surface area (Å²) in [5.41, 5.74) is 0. The number of nitrogens with one attached hydrogen (secondary N) is 1. The first-order chi connectivity index (χ1) is 9.08. The number of hydrogen-bond donors (Lipinski definition) is 2. The Morgan fingerprint density at radius 1 is 1.68 bits per heavy atom. The molecule has 2 N–H and O–H groups in total. The van der Waals surface area contributed by atoms with Crippen LogP contribution in [-0.2, 0) is 9.53 Å². The number of aromatic nitrogens is 1. The molecule has 0 aliphatic carbocycles. The lowest BCUT2D eigenvalue weighted by molar-refractivity contribution is -0.122. The van der Waals surface area contributed by atoms with E-state index in [2.05, 4.69) is 10.5 Å². The van der Waals surface area contributed by atoms with E-state index in [1.807, 2.05) is 11.8 Å². The number of rotatable bonds is 4. The highest BCUT2D eigenvalue weighted by atomic mass is 16.5. The number of nitrogens with zero attached hydrogens (tertiary/aromatic N) is 2. The van der Waals surface area contributed by atoms with E-state index < -0.39 is 0 Å². The lowest BCUT2D eigenvalue weighted by Crippen LogP contribution is -2.51. The number of aliphatic hydroxyl groups excluding tert-OH is 1. The average Bonchev–Trinajstić information content (AvgIpc) is 2.77. The molecule has 7 heteroatoms. The Morgan fingerprint density at radius 2 is 2.47 bits per heavy atom. The molecule has 1 aliphatic rings. The van der Waals surface area contributed by atoms with Gasteiger partial charge in [0, 0.05) is 18.7 Å². The molecule has 106 valence electrons. The van der Waals surface area contributed by atoms with Gasteiger partial charge in [-0.05, 0) is 13.8 Å². The molecular formula is C12H19N3O4. The minimum absolute atomic E-state index is 0.0344. The molecular weight excluding hydrogens is 250 g/mol. The van der Waals surface area contributed by atoms with Gasteiger partial charge in [0.25, 0.3) is 0 Å². The fraction of sp³-hybridized carbons (Fsp3) is 0.667. The molecule has 19 heavy (non-hydrogen) atoms. The van der Waals surface area contributed by atoms with Crippen molar-refractivity contribution >= 4 is 11.7 Å². The van der Waals surface area contributed by atoms with Crippen molar-refractivity contribution in [2.75, 3.05) is 31.6 Å². The van der Waals surface area contributed by atoms with Gasteiger partial charge in [-0.25, -0.2) is 0 Å². The number of carbonyl (C=O) groups is 1. The van der Waals surface area contributed by atoms with Crippen LogP contribution in [-0.4, -0.2) is 59.5 Å². The second-order valence-electron chi connectivity index (χ2n) is 4.79. The first-order valence-electron chi connectivity index (χ1n) is 6.28. The highest BCUT2D eigenvalue weighted by Crippen LogP contribution is 2.12. The topological polar surface area (TPSA) is 87.8 Å². The minimum Gasteiger partial charge on any atom is -0.394 e. The van der Waals surface area contributed by atoms with Crippen LogP contribution in [0, 0.1) is 6.92 Å². The molecule has 1 fully saturated rings. The molecule has 1 aliphatic heterocycles. The fourth-order valence-corrected chi connectivity index (χ4v) is 2.00. The fourth-order valence-electron chi connectivity index (χ4n) is 2.00. The van der Waals surface area contributed by atoms with Gasteiger partial charge in [-0.15, -0.1) is 0 Å². The number of morpholine rings is 1. The van der Waals surface area contributed by atoms with Crippen LogP contribution < -0.4 is 5.32 Å². The summed E-state index contributed by atoms with van der Waals surface area (Å²) in [4.78, 5) is 13.9. The normalized spacial score (nSPS) is 24.4. The molecule has 2 heterocycles. The number of ether oxygens (including phenoxy) is 1.